The molecule has 0 fully saturated rings. The van der Waals surface area contributed by atoms with Crippen LogP contribution in [0.15, 0.2) is 133 Å². The Bertz CT molecular complexity index is 1580. The van der Waals surface area contributed by atoms with E-state index in [1.807, 2.05) is 97.2 Å². The van der Waals surface area contributed by atoms with Crippen molar-refractivity contribution in [1.29, 1.82) is 0 Å². The van der Waals surface area contributed by atoms with Gasteiger partial charge in [-0.1, -0.05) is 115 Å². The zero-order chi connectivity index (χ0) is 29.1. The van der Waals surface area contributed by atoms with Crippen LogP contribution in [0.2, 0.25) is 0 Å². The van der Waals surface area contributed by atoms with Gasteiger partial charge >= 0.3 is 5.97 Å². The molecule has 212 valence electrons. The highest BCUT2D eigenvalue weighted by molar-refractivity contribution is 5.85. The Morgan fingerprint density at radius 3 is 1.90 bits per heavy atom. The Morgan fingerprint density at radius 2 is 1.31 bits per heavy atom. The number of aliphatic hydroxyl groups excluding tert-OH is 1. The maximum atomic E-state index is 12.1. The number of ether oxygens (including phenoxy) is 1. The molecule has 2 atom stereocenters. The minimum absolute atomic E-state index is 0.203. The summed E-state index contributed by atoms with van der Waals surface area (Å²) in [7, 11) is 0. The molecular formula is C35H33N3O4. The van der Waals surface area contributed by atoms with Crippen LogP contribution in [-0.2, 0) is 22.6 Å². The summed E-state index contributed by atoms with van der Waals surface area (Å²) in [4.78, 5) is 16.8. The lowest BCUT2D eigenvalue weighted by atomic mass is 10.0. The Morgan fingerprint density at radius 1 is 0.762 bits per heavy atom. The highest BCUT2D eigenvalue weighted by atomic mass is 16.5. The van der Waals surface area contributed by atoms with Crippen molar-refractivity contribution >= 4 is 11.9 Å². The summed E-state index contributed by atoms with van der Waals surface area (Å²) in [5.41, 5.74) is 5.96. The summed E-state index contributed by atoms with van der Waals surface area (Å²) in [5.74, 6) is -0.797. The predicted molar refractivity (Wildman–Crippen MR) is 164 cm³/mol. The molecule has 5 rings (SSSR count). The molecule has 1 aromatic heterocycles. The lowest BCUT2D eigenvalue weighted by molar-refractivity contribution is -0.137. The summed E-state index contributed by atoms with van der Waals surface area (Å²) >= 11 is 0. The number of rotatable bonds is 12. The van der Waals surface area contributed by atoms with Crippen molar-refractivity contribution in [2.45, 2.75) is 31.5 Å². The maximum absolute atomic E-state index is 12.1. The summed E-state index contributed by atoms with van der Waals surface area (Å²) in [5, 5.41) is 24.6. The normalized spacial score (nSPS) is 12.9. The Balaban J connectivity index is 1.45. The second-order valence-corrected chi connectivity index (χ2v) is 10.0. The van der Waals surface area contributed by atoms with E-state index in [1.165, 1.54) is 0 Å². The van der Waals surface area contributed by atoms with Crippen LogP contribution in [0.25, 0.3) is 22.3 Å². The highest BCUT2D eigenvalue weighted by Crippen LogP contribution is 2.26. The van der Waals surface area contributed by atoms with Crippen LogP contribution in [-0.4, -0.2) is 44.5 Å². The number of aliphatic carboxylic acids is 1. The largest absolute Gasteiger partial charge is 0.481 e. The number of aromatic nitrogens is 2. The standard InChI is InChI=1S/C35H33N3O4/c39-24-32(20-26-10-4-1-5-11-26)37-35(42-25-27-12-6-2-7-13-27)33(21-34(40)41)38-23-31(22-36-38)30-18-16-29(17-19-30)28-14-8-3-9-15-28/h1-19,22-23,32-33,39H,20-21,24-25H2,(H,40,41)/t32-,33+/m0/s1. The van der Waals surface area contributed by atoms with E-state index in [1.54, 1.807) is 10.9 Å². The van der Waals surface area contributed by atoms with Crippen LogP contribution in [0, 0.1) is 0 Å². The molecule has 0 bridgehead atoms. The molecule has 0 aliphatic carbocycles. The van der Waals surface area contributed by atoms with Crippen LogP contribution in [0.3, 0.4) is 0 Å². The number of carboxylic acid groups (broad SMARTS) is 1. The van der Waals surface area contributed by atoms with Gasteiger partial charge in [-0.25, -0.2) is 4.99 Å². The van der Waals surface area contributed by atoms with Crippen molar-refractivity contribution in [2.24, 2.45) is 4.99 Å². The lowest BCUT2D eigenvalue weighted by Crippen LogP contribution is -2.28. The van der Waals surface area contributed by atoms with E-state index in [4.69, 9.17) is 9.73 Å². The number of hydrogen-bond donors (Lipinski definition) is 2. The van der Waals surface area contributed by atoms with E-state index in [2.05, 4.69) is 29.4 Å². The Kier molecular flexibility index (Phi) is 9.54. The first-order chi connectivity index (χ1) is 20.6. The molecule has 4 aromatic carbocycles. The monoisotopic (exact) mass is 559 g/mol. The first-order valence-electron chi connectivity index (χ1n) is 13.9. The molecule has 42 heavy (non-hydrogen) atoms. The molecule has 0 saturated heterocycles. The van der Waals surface area contributed by atoms with Crippen molar-refractivity contribution in [1.82, 2.24) is 9.78 Å². The van der Waals surface area contributed by atoms with Crippen molar-refractivity contribution in [3.05, 3.63) is 139 Å². The minimum atomic E-state index is -1.01. The first-order valence-corrected chi connectivity index (χ1v) is 13.9. The average Bonchev–Trinajstić information content (AvgIpc) is 3.53. The van der Waals surface area contributed by atoms with Crippen LogP contribution >= 0.6 is 0 Å². The third-order valence-corrected chi connectivity index (χ3v) is 6.96. The van der Waals surface area contributed by atoms with E-state index in [0.29, 0.717) is 6.42 Å². The van der Waals surface area contributed by atoms with Gasteiger partial charge in [0.25, 0.3) is 0 Å². The van der Waals surface area contributed by atoms with Crippen LogP contribution in [0.5, 0.6) is 0 Å². The van der Waals surface area contributed by atoms with Gasteiger partial charge in [0.1, 0.15) is 12.6 Å². The Hall–Kier alpha value is -5.01. The topological polar surface area (TPSA) is 96.9 Å². The second kappa shape index (κ2) is 14.1. The predicted octanol–water partition coefficient (Wildman–Crippen LogP) is 6.45. The molecular weight excluding hydrogens is 526 g/mol. The molecule has 1 heterocycles. The van der Waals surface area contributed by atoms with Gasteiger partial charge in [-0.3, -0.25) is 9.48 Å². The molecule has 2 N–H and O–H groups in total. The fourth-order valence-corrected chi connectivity index (χ4v) is 4.77. The van der Waals surface area contributed by atoms with Gasteiger partial charge in [-0.2, -0.15) is 5.10 Å². The molecule has 0 spiro atoms. The Labute approximate surface area is 245 Å². The van der Waals surface area contributed by atoms with Crippen LogP contribution in [0.4, 0.5) is 0 Å². The summed E-state index contributed by atoms with van der Waals surface area (Å²) in [6, 6.07) is 36.4. The van der Waals surface area contributed by atoms with E-state index in [9.17, 15) is 15.0 Å². The van der Waals surface area contributed by atoms with E-state index >= 15 is 0 Å². The molecule has 0 radical (unpaired) electrons. The number of carboxylic acids is 1. The van der Waals surface area contributed by atoms with Crippen molar-refractivity contribution in [2.75, 3.05) is 6.61 Å². The molecule has 5 aromatic rings. The number of aliphatic hydroxyl groups is 1. The average molecular weight is 560 g/mol. The van der Waals surface area contributed by atoms with E-state index < -0.39 is 18.1 Å². The summed E-state index contributed by atoms with van der Waals surface area (Å²) in [6.07, 6.45) is 3.73. The molecule has 0 saturated carbocycles. The van der Waals surface area contributed by atoms with Crippen LogP contribution < -0.4 is 0 Å². The van der Waals surface area contributed by atoms with Gasteiger partial charge < -0.3 is 14.9 Å². The highest BCUT2D eigenvalue weighted by Gasteiger charge is 2.26. The molecule has 0 aliphatic rings. The van der Waals surface area contributed by atoms with Crippen molar-refractivity contribution in [3.8, 4) is 22.3 Å². The summed E-state index contributed by atoms with van der Waals surface area (Å²) < 4.78 is 7.80. The third-order valence-electron chi connectivity index (χ3n) is 6.96. The summed E-state index contributed by atoms with van der Waals surface area (Å²) in [6.45, 7) is -0.0145. The second-order valence-electron chi connectivity index (χ2n) is 10.0. The molecule has 0 amide bonds. The first kappa shape index (κ1) is 28.5. The number of hydrogen-bond acceptors (Lipinski definition) is 5. The fourth-order valence-electron chi connectivity index (χ4n) is 4.77. The van der Waals surface area contributed by atoms with Gasteiger partial charge in [0.2, 0.25) is 5.90 Å². The number of benzene rings is 4. The van der Waals surface area contributed by atoms with Crippen LogP contribution in [0.1, 0.15) is 23.6 Å². The van der Waals surface area contributed by atoms with Gasteiger partial charge in [0.05, 0.1) is 25.3 Å². The molecule has 0 aliphatic heterocycles. The smallest absolute Gasteiger partial charge is 0.306 e. The number of aliphatic imine (C=N–C) groups is 1. The van der Waals surface area contributed by atoms with Gasteiger partial charge in [-0.15, -0.1) is 0 Å². The fraction of sp³-hybridized carbons (Fsp3) is 0.171. The lowest BCUT2D eigenvalue weighted by Gasteiger charge is -2.21. The molecule has 0 unspecified atom stereocenters. The van der Waals surface area contributed by atoms with Gasteiger partial charge in [0.15, 0.2) is 0 Å². The van der Waals surface area contributed by atoms with Crippen molar-refractivity contribution < 1.29 is 19.7 Å². The maximum Gasteiger partial charge on any atom is 0.306 e. The number of nitrogens with zero attached hydrogens (tertiary/aromatic N) is 3. The molecule has 7 nitrogen and oxygen atoms in total. The number of carbonyl (C=O) groups is 1. The zero-order valence-corrected chi connectivity index (χ0v) is 23.2. The minimum Gasteiger partial charge on any atom is -0.481 e. The van der Waals surface area contributed by atoms with Gasteiger partial charge in [-0.05, 0) is 34.2 Å². The quantitative estimate of drug-likeness (QED) is 0.135. The van der Waals surface area contributed by atoms with E-state index in [0.717, 1.165) is 33.4 Å². The van der Waals surface area contributed by atoms with Crippen molar-refractivity contribution in [3.63, 3.8) is 0 Å². The zero-order valence-electron chi connectivity index (χ0n) is 23.2. The SMILES string of the molecule is O=C(O)C[C@H](C(=N[C@H](CO)Cc1ccccc1)OCc1ccccc1)n1cc(-c2ccc(-c3ccccc3)cc2)cn1. The molecule has 7 heteroatoms. The van der Waals surface area contributed by atoms with E-state index in [-0.39, 0.29) is 25.5 Å². The third kappa shape index (κ3) is 7.59. The van der Waals surface area contributed by atoms with Gasteiger partial charge in [0, 0.05) is 11.8 Å².